The molecule has 3 amide bonds. The summed E-state index contributed by atoms with van der Waals surface area (Å²) in [7, 11) is 1.59. The lowest BCUT2D eigenvalue weighted by molar-refractivity contribution is -0.157. The lowest BCUT2D eigenvalue weighted by atomic mass is 10.1. The number of aromatic hydroxyl groups is 1. The van der Waals surface area contributed by atoms with E-state index in [1.807, 2.05) is 29.1 Å². The zero-order valence-electron chi connectivity index (χ0n) is 14.9. The summed E-state index contributed by atoms with van der Waals surface area (Å²) >= 11 is 0. The molecule has 0 saturated carbocycles. The number of amides is 3. The molecule has 0 unspecified atom stereocenters. The molecular formula is C19H20N4O4. The monoisotopic (exact) mass is 368 g/mol. The number of phenols is 1. The molecule has 0 aliphatic carbocycles. The molecule has 140 valence electrons. The van der Waals surface area contributed by atoms with Crippen LogP contribution >= 0.6 is 0 Å². The van der Waals surface area contributed by atoms with E-state index >= 15 is 0 Å². The zero-order chi connectivity index (χ0) is 19.1. The van der Waals surface area contributed by atoms with Crippen molar-refractivity contribution in [3.63, 3.8) is 0 Å². The Bertz CT molecular complexity index is 908. The minimum absolute atomic E-state index is 0.0724. The maximum absolute atomic E-state index is 13.0. The van der Waals surface area contributed by atoms with Crippen LogP contribution in [0.25, 0.3) is 5.69 Å². The van der Waals surface area contributed by atoms with Crippen LogP contribution < -0.4 is 0 Å². The topological polar surface area (TPSA) is 86.1 Å². The Morgan fingerprint density at radius 1 is 1.15 bits per heavy atom. The van der Waals surface area contributed by atoms with Gasteiger partial charge in [-0.25, -0.2) is 0 Å². The van der Waals surface area contributed by atoms with Gasteiger partial charge in [-0.15, -0.1) is 0 Å². The average Bonchev–Trinajstić information content (AvgIpc) is 3.20. The number of rotatable bonds is 2. The van der Waals surface area contributed by atoms with Crippen LogP contribution in [0.1, 0.15) is 10.4 Å². The fourth-order valence-electron chi connectivity index (χ4n) is 3.64. The highest BCUT2D eigenvalue weighted by molar-refractivity contribution is 5.99. The summed E-state index contributed by atoms with van der Waals surface area (Å²) in [6, 6.07) is 7.92. The molecule has 2 aliphatic rings. The van der Waals surface area contributed by atoms with Gasteiger partial charge in [-0.05, 0) is 30.3 Å². The smallest absolute Gasteiger partial charge is 0.257 e. The summed E-state index contributed by atoms with van der Waals surface area (Å²) in [4.78, 5) is 42.1. The molecule has 0 bridgehead atoms. The van der Waals surface area contributed by atoms with Gasteiger partial charge in [0.1, 0.15) is 11.8 Å². The Kier molecular flexibility index (Phi) is 4.10. The van der Waals surface area contributed by atoms with E-state index in [1.54, 1.807) is 24.1 Å². The summed E-state index contributed by atoms with van der Waals surface area (Å²) in [5.41, 5.74) is 0.932. The first kappa shape index (κ1) is 17.1. The van der Waals surface area contributed by atoms with Crippen LogP contribution in [-0.4, -0.2) is 81.4 Å². The molecule has 0 radical (unpaired) electrons. The van der Waals surface area contributed by atoms with Gasteiger partial charge in [-0.3, -0.25) is 14.4 Å². The number of aromatic nitrogens is 1. The second-order valence-electron chi connectivity index (χ2n) is 6.84. The largest absolute Gasteiger partial charge is 0.507 e. The molecule has 4 rings (SSSR count). The van der Waals surface area contributed by atoms with E-state index in [-0.39, 0.29) is 42.1 Å². The zero-order valence-corrected chi connectivity index (χ0v) is 14.9. The van der Waals surface area contributed by atoms with Gasteiger partial charge in [0.15, 0.2) is 0 Å². The Labute approximate surface area is 156 Å². The number of hydrogen-bond donors (Lipinski definition) is 1. The van der Waals surface area contributed by atoms with Crippen molar-refractivity contribution in [1.82, 2.24) is 19.3 Å². The molecular weight excluding hydrogens is 348 g/mol. The van der Waals surface area contributed by atoms with Crippen molar-refractivity contribution in [3.8, 4) is 11.4 Å². The van der Waals surface area contributed by atoms with Crippen molar-refractivity contribution in [2.45, 2.75) is 6.04 Å². The second kappa shape index (κ2) is 6.46. The number of phenolic OH excluding ortho intramolecular Hbond substituents is 1. The summed E-state index contributed by atoms with van der Waals surface area (Å²) in [5.74, 6) is -0.736. The molecule has 1 aromatic carbocycles. The first-order valence-electron chi connectivity index (χ1n) is 8.76. The summed E-state index contributed by atoms with van der Waals surface area (Å²) in [5, 5.41) is 10.2. The standard InChI is InChI=1S/C19H20N4O4/c1-20-12-17(25)23-9-8-22(11-15(23)19(20)27)18(26)14-10-13(4-5-16(14)24)21-6-2-3-7-21/h2-7,10,15,24H,8-9,11-12H2,1H3/t15-/m1/s1. The van der Waals surface area contributed by atoms with E-state index in [2.05, 4.69) is 0 Å². The summed E-state index contributed by atoms with van der Waals surface area (Å²) in [6.45, 7) is 0.835. The van der Waals surface area contributed by atoms with Gasteiger partial charge in [-0.2, -0.15) is 0 Å². The fourth-order valence-corrected chi connectivity index (χ4v) is 3.64. The third-order valence-electron chi connectivity index (χ3n) is 5.13. The number of benzene rings is 1. The van der Waals surface area contributed by atoms with E-state index in [1.165, 1.54) is 15.9 Å². The summed E-state index contributed by atoms with van der Waals surface area (Å²) < 4.78 is 1.84. The molecule has 1 N–H and O–H groups in total. The highest BCUT2D eigenvalue weighted by Gasteiger charge is 2.42. The predicted octanol–water partition coefficient (Wildman–Crippen LogP) is 0.308. The molecule has 3 heterocycles. The number of carbonyl (C=O) groups is 3. The normalized spacial score (nSPS) is 20.0. The van der Waals surface area contributed by atoms with Crippen molar-refractivity contribution in [2.24, 2.45) is 0 Å². The first-order valence-corrected chi connectivity index (χ1v) is 8.76. The number of piperazine rings is 2. The van der Waals surface area contributed by atoms with Gasteiger partial charge in [0, 0.05) is 38.2 Å². The molecule has 2 aliphatic heterocycles. The predicted molar refractivity (Wildman–Crippen MR) is 96.5 cm³/mol. The van der Waals surface area contributed by atoms with Gasteiger partial charge < -0.3 is 24.4 Å². The van der Waals surface area contributed by atoms with E-state index in [9.17, 15) is 19.5 Å². The minimum atomic E-state index is -0.663. The van der Waals surface area contributed by atoms with Crippen molar-refractivity contribution in [2.75, 3.05) is 33.2 Å². The third-order valence-corrected chi connectivity index (χ3v) is 5.13. The van der Waals surface area contributed by atoms with E-state index in [0.717, 1.165) is 5.69 Å². The van der Waals surface area contributed by atoms with Crippen molar-refractivity contribution in [1.29, 1.82) is 0 Å². The number of fused-ring (bicyclic) bond motifs is 1. The Hall–Kier alpha value is -3.29. The molecule has 1 aromatic heterocycles. The average molecular weight is 368 g/mol. The third kappa shape index (κ3) is 2.92. The van der Waals surface area contributed by atoms with Gasteiger partial charge >= 0.3 is 0 Å². The van der Waals surface area contributed by atoms with Crippen molar-refractivity contribution < 1.29 is 19.5 Å². The molecule has 8 heteroatoms. The van der Waals surface area contributed by atoms with Crippen LogP contribution in [0.5, 0.6) is 5.75 Å². The van der Waals surface area contributed by atoms with Crippen LogP contribution in [0.4, 0.5) is 0 Å². The first-order chi connectivity index (χ1) is 13.0. The maximum Gasteiger partial charge on any atom is 0.257 e. The molecule has 2 fully saturated rings. The van der Waals surface area contributed by atoms with Crippen molar-refractivity contribution in [3.05, 3.63) is 48.3 Å². The summed E-state index contributed by atoms with van der Waals surface area (Å²) in [6.07, 6.45) is 3.70. The van der Waals surface area contributed by atoms with Crippen LogP contribution in [0.2, 0.25) is 0 Å². The van der Waals surface area contributed by atoms with Gasteiger partial charge in [0.2, 0.25) is 11.8 Å². The molecule has 2 aromatic rings. The fraction of sp³-hybridized carbons (Fsp3) is 0.316. The molecule has 1 atom stereocenters. The highest BCUT2D eigenvalue weighted by Crippen LogP contribution is 2.25. The number of nitrogens with zero attached hydrogens (tertiary/aromatic N) is 4. The van der Waals surface area contributed by atoms with Gasteiger partial charge in [-0.1, -0.05) is 0 Å². The van der Waals surface area contributed by atoms with E-state index < -0.39 is 6.04 Å². The maximum atomic E-state index is 13.0. The number of hydrogen-bond acceptors (Lipinski definition) is 4. The van der Waals surface area contributed by atoms with Gasteiger partial charge in [0.05, 0.1) is 18.7 Å². The molecule has 2 saturated heterocycles. The van der Waals surface area contributed by atoms with Crippen LogP contribution in [-0.2, 0) is 9.59 Å². The minimum Gasteiger partial charge on any atom is -0.507 e. The number of likely N-dealkylation sites (N-methyl/N-ethyl adjacent to an activating group) is 1. The number of carbonyl (C=O) groups excluding carboxylic acids is 3. The Morgan fingerprint density at radius 3 is 2.63 bits per heavy atom. The Morgan fingerprint density at radius 2 is 1.89 bits per heavy atom. The molecule has 0 spiro atoms. The van der Waals surface area contributed by atoms with Crippen LogP contribution in [0, 0.1) is 0 Å². The van der Waals surface area contributed by atoms with E-state index in [0.29, 0.717) is 13.1 Å². The van der Waals surface area contributed by atoms with Crippen molar-refractivity contribution >= 4 is 17.7 Å². The highest BCUT2D eigenvalue weighted by atomic mass is 16.3. The van der Waals surface area contributed by atoms with Crippen LogP contribution in [0.15, 0.2) is 42.7 Å². The van der Waals surface area contributed by atoms with Crippen LogP contribution in [0.3, 0.4) is 0 Å². The Balaban J connectivity index is 1.59. The lowest BCUT2D eigenvalue weighted by Crippen LogP contribution is -2.66. The second-order valence-corrected chi connectivity index (χ2v) is 6.84. The van der Waals surface area contributed by atoms with Gasteiger partial charge in [0.25, 0.3) is 5.91 Å². The van der Waals surface area contributed by atoms with E-state index in [4.69, 9.17) is 0 Å². The quantitative estimate of drug-likeness (QED) is 0.827. The lowest BCUT2D eigenvalue weighted by Gasteiger charge is -2.45. The molecule has 8 nitrogen and oxygen atoms in total. The SMILES string of the molecule is CN1CC(=O)N2CCN(C(=O)c3cc(-n4cccc4)ccc3O)C[C@@H]2C1=O. The molecule has 27 heavy (non-hydrogen) atoms.